The molecule has 2 aromatic heterocycles. The number of nitrogens with zero attached hydrogens (tertiary/aromatic N) is 4. The van der Waals surface area contributed by atoms with Gasteiger partial charge in [-0.25, -0.2) is 15.0 Å². The van der Waals surface area contributed by atoms with Gasteiger partial charge in [0.15, 0.2) is 0 Å². The monoisotopic (exact) mass is 427 g/mol. The molecule has 7 heteroatoms. The normalized spacial score (nSPS) is 14.1. The Kier molecular flexibility index (Phi) is 5.66. The molecule has 1 aliphatic heterocycles. The molecule has 0 aliphatic carbocycles. The summed E-state index contributed by atoms with van der Waals surface area (Å²) in [6.45, 7) is 3.14. The number of aryl methyl sites for hydroxylation is 1. The standard InChI is InChI=1S/C25H25N5O2/c1-17-26-13-14-30(17)20-10-8-19(9-11-20)27-25-28-22-12-15-32-16-21(22)23(29-25)24(31-2)18-6-4-3-5-7-18/h3-11,13-14,24H,12,15-16H2,1-2H3,(H,27,28,29). The lowest BCUT2D eigenvalue weighted by Gasteiger charge is -2.24. The van der Waals surface area contributed by atoms with E-state index in [0.717, 1.165) is 46.1 Å². The van der Waals surface area contributed by atoms with Crippen LogP contribution in [0.2, 0.25) is 0 Å². The third kappa shape index (κ3) is 4.00. The maximum Gasteiger partial charge on any atom is 0.227 e. The Morgan fingerprint density at radius 2 is 1.88 bits per heavy atom. The van der Waals surface area contributed by atoms with Crippen molar-refractivity contribution in [3.63, 3.8) is 0 Å². The van der Waals surface area contributed by atoms with Gasteiger partial charge in [0.25, 0.3) is 0 Å². The predicted molar refractivity (Wildman–Crippen MR) is 122 cm³/mol. The smallest absolute Gasteiger partial charge is 0.227 e. The molecular weight excluding hydrogens is 402 g/mol. The van der Waals surface area contributed by atoms with Gasteiger partial charge in [0.2, 0.25) is 5.95 Å². The Labute approximate surface area is 187 Å². The summed E-state index contributed by atoms with van der Waals surface area (Å²) >= 11 is 0. The van der Waals surface area contributed by atoms with Crippen LogP contribution < -0.4 is 5.32 Å². The van der Waals surface area contributed by atoms with Gasteiger partial charge in [-0.05, 0) is 36.8 Å². The topological polar surface area (TPSA) is 74.1 Å². The summed E-state index contributed by atoms with van der Waals surface area (Å²) in [5, 5.41) is 3.37. The first-order valence-electron chi connectivity index (χ1n) is 10.7. The van der Waals surface area contributed by atoms with E-state index in [2.05, 4.69) is 22.4 Å². The van der Waals surface area contributed by atoms with Gasteiger partial charge in [-0.1, -0.05) is 30.3 Å². The van der Waals surface area contributed by atoms with E-state index in [1.165, 1.54) is 0 Å². The molecule has 0 bridgehead atoms. The Balaban J connectivity index is 1.48. The minimum atomic E-state index is -0.290. The molecule has 0 spiro atoms. The molecule has 0 radical (unpaired) electrons. The van der Waals surface area contributed by atoms with Crippen LogP contribution >= 0.6 is 0 Å². The summed E-state index contributed by atoms with van der Waals surface area (Å²) in [6, 6.07) is 18.3. The summed E-state index contributed by atoms with van der Waals surface area (Å²) < 4.78 is 13.6. The van der Waals surface area contributed by atoms with Gasteiger partial charge in [-0.15, -0.1) is 0 Å². The zero-order valence-electron chi connectivity index (χ0n) is 18.2. The largest absolute Gasteiger partial charge is 0.376 e. The number of benzene rings is 2. The number of imidazole rings is 1. The van der Waals surface area contributed by atoms with Gasteiger partial charge in [-0.3, -0.25) is 0 Å². The molecule has 5 rings (SSSR count). The van der Waals surface area contributed by atoms with Crippen LogP contribution in [0.5, 0.6) is 0 Å². The van der Waals surface area contributed by atoms with E-state index in [1.54, 1.807) is 13.3 Å². The van der Waals surface area contributed by atoms with Gasteiger partial charge < -0.3 is 19.4 Å². The molecule has 0 amide bonds. The van der Waals surface area contributed by atoms with Crippen molar-refractivity contribution >= 4 is 11.6 Å². The molecule has 32 heavy (non-hydrogen) atoms. The van der Waals surface area contributed by atoms with Crippen LogP contribution in [-0.4, -0.2) is 33.2 Å². The van der Waals surface area contributed by atoms with Crippen molar-refractivity contribution in [3.8, 4) is 5.69 Å². The van der Waals surface area contributed by atoms with Crippen molar-refractivity contribution in [2.75, 3.05) is 19.0 Å². The fourth-order valence-corrected chi connectivity index (χ4v) is 4.05. The Hall–Kier alpha value is -3.55. The summed E-state index contributed by atoms with van der Waals surface area (Å²) in [4.78, 5) is 14.0. The summed E-state index contributed by atoms with van der Waals surface area (Å²) in [7, 11) is 1.71. The van der Waals surface area contributed by atoms with Crippen molar-refractivity contribution in [2.45, 2.75) is 26.1 Å². The molecule has 1 atom stereocenters. The molecule has 162 valence electrons. The van der Waals surface area contributed by atoms with E-state index < -0.39 is 0 Å². The molecule has 2 aromatic carbocycles. The Morgan fingerprint density at radius 1 is 1.06 bits per heavy atom. The number of methoxy groups -OCH3 is 1. The van der Waals surface area contributed by atoms with Crippen molar-refractivity contribution in [1.29, 1.82) is 0 Å². The van der Waals surface area contributed by atoms with Crippen molar-refractivity contribution < 1.29 is 9.47 Å². The van der Waals surface area contributed by atoms with E-state index in [0.29, 0.717) is 19.2 Å². The number of hydrogen-bond acceptors (Lipinski definition) is 6. The second-order valence-electron chi connectivity index (χ2n) is 7.70. The summed E-state index contributed by atoms with van der Waals surface area (Å²) in [6.07, 6.45) is 4.21. The molecule has 1 unspecified atom stereocenters. The number of hydrogen-bond donors (Lipinski definition) is 1. The highest BCUT2D eigenvalue weighted by Crippen LogP contribution is 2.31. The van der Waals surface area contributed by atoms with Crippen LogP contribution in [0.1, 0.15) is 34.4 Å². The molecule has 1 N–H and O–H groups in total. The van der Waals surface area contributed by atoms with Crippen LogP contribution in [0.25, 0.3) is 5.69 Å². The van der Waals surface area contributed by atoms with Crippen LogP contribution in [0.3, 0.4) is 0 Å². The number of fused-ring (bicyclic) bond motifs is 1. The molecule has 0 fully saturated rings. The lowest BCUT2D eigenvalue weighted by molar-refractivity contribution is 0.0980. The molecular formula is C25H25N5O2. The SMILES string of the molecule is COC(c1ccccc1)c1nc(Nc2ccc(-n3ccnc3C)cc2)nc2c1COCC2. The molecule has 4 aromatic rings. The lowest BCUT2D eigenvalue weighted by atomic mass is 9.99. The first-order valence-corrected chi connectivity index (χ1v) is 10.7. The quantitative estimate of drug-likeness (QED) is 0.488. The van der Waals surface area contributed by atoms with E-state index >= 15 is 0 Å². The number of aromatic nitrogens is 4. The number of nitrogens with one attached hydrogen (secondary N) is 1. The van der Waals surface area contributed by atoms with Crippen molar-refractivity contribution in [3.05, 3.63) is 95.3 Å². The Bertz CT molecular complexity index is 1200. The van der Waals surface area contributed by atoms with E-state index in [9.17, 15) is 0 Å². The second kappa shape index (κ2) is 8.90. The maximum absolute atomic E-state index is 5.88. The highest BCUT2D eigenvalue weighted by Gasteiger charge is 2.25. The maximum atomic E-state index is 5.88. The fraction of sp³-hybridized carbons (Fsp3) is 0.240. The minimum Gasteiger partial charge on any atom is -0.376 e. The number of ether oxygens (including phenoxy) is 2. The molecule has 0 saturated carbocycles. The van der Waals surface area contributed by atoms with Gasteiger partial charge in [-0.2, -0.15) is 0 Å². The van der Waals surface area contributed by atoms with E-state index in [1.807, 2.05) is 60.2 Å². The van der Waals surface area contributed by atoms with Gasteiger partial charge in [0, 0.05) is 42.9 Å². The first kappa shape index (κ1) is 20.4. The average Bonchev–Trinajstić information content (AvgIpc) is 3.26. The first-order chi connectivity index (χ1) is 15.7. The van der Waals surface area contributed by atoms with Crippen molar-refractivity contribution in [2.24, 2.45) is 0 Å². The third-order valence-electron chi connectivity index (χ3n) is 5.67. The van der Waals surface area contributed by atoms with Crippen LogP contribution in [0.15, 0.2) is 67.0 Å². The van der Waals surface area contributed by atoms with Gasteiger partial charge in [0.05, 0.1) is 24.6 Å². The highest BCUT2D eigenvalue weighted by atomic mass is 16.5. The second-order valence-corrected chi connectivity index (χ2v) is 7.70. The molecule has 7 nitrogen and oxygen atoms in total. The predicted octanol–water partition coefficient (Wildman–Crippen LogP) is 4.52. The minimum absolute atomic E-state index is 0.290. The molecule has 3 heterocycles. The van der Waals surface area contributed by atoms with E-state index in [-0.39, 0.29) is 6.10 Å². The van der Waals surface area contributed by atoms with Crippen molar-refractivity contribution in [1.82, 2.24) is 19.5 Å². The van der Waals surface area contributed by atoms with Gasteiger partial charge in [0.1, 0.15) is 11.9 Å². The lowest BCUT2D eigenvalue weighted by Crippen LogP contribution is -2.20. The average molecular weight is 428 g/mol. The van der Waals surface area contributed by atoms with E-state index in [4.69, 9.17) is 19.4 Å². The number of rotatable bonds is 6. The molecule has 0 saturated heterocycles. The summed E-state index contributed by atoms with van der Waals surface area (Å²) in [5.74, 6) is 1.51. The van der Waals surface area contributed by atoms with Crippen LogP contribution in [0, 0.1) is 6.92 Å². The van der Waals surface area contributed by atoms with Gasteiger partial charge >= 0.3 is 0 Å². The summed E-state index contributed by atoms with van der Waals surface area (Å²) in [5.41, 5.74) is 5.89. The molecule has 1 aliphatic rings. The Morgan fingerprint density at radius 3 is 2.59 bits per heavy atom. The zero-order chi connectivity index (χ0) is 21.9. The highest BCUT2D eigenvalue weighted by molar-refractivity contribution is 5.57. The van der Waals surface area contributed by atoms with Crippen LogP contribution in [0.4, 0.5) is 11.6 Å². The fourth-order valence-electron chi connectivity index (χ4n) is 4.05. The van der Waals surface area contributed by atoms with Crippen LogP contribution in [-0.2, 0) is 22.5 Å². The number of anilines is 2. The third-order valence-corrected chi connectivity index (χ3v) is 5.67. The zero-order valence-corrected chi connectivity index (χ0v) is 18.2.